The lowest BCUT2D eigenvalue weighted by Crippen LogP contribution is -2.40. The Kier molecular flexibility index (Phi) is 4.76. The van der Waals surface area contributed by atoms with Crippen LogP contribution in [0.1, 0.15) is 45.0 Å². The van der Waals surface area contributed by atoms with E-state index in [1.54, 1.807) is 6.07 Å². The number of benzene rings is 2. The summed E-state index contributed by atoms with van der Waals surface area (Å²) in [6, 6.07) is 21.3. The van der Waals surface area contributed by atoms with E-state index in [0.29, 0.717) is 34.7 Å². The Morgan fingerprint density at radius 3 is 2.65 bits per heavy atom. The third-order valence-electron chi connectivity index (χ3n) is 7.06. The van der Waals surface area contributed by atoms with Crippen molar-refractivity contribution in [3.63, 3.8) is 0 Å². The van der Waals surface area contributed by atoms with Gasteiger partial charge in [0.1, 0.15) is 11.5 Å². The number of aromatic nitrogens is 1. The SMILES string of the molecule is Cc1cc(C(=O)N2[C@H](Cc3ccc4cccc(C(N)=O)c4n3)C[C@@H]3C[C@@H]32)c(-c2ccccc2)o1. The van der Waals surface area contributed by atoms with Gasteiger partial charge < -0.3 is 15.1 Å². The highest BCUT2D eigenvalue weighted by Crippen LogP contribution is 2.49. The Hall–Kier alpha value is -3.93. The first-order valence-corrected chi connectivity index (χ1v) is 11.7. The smallest absolute Gasteiger partial charge is 0.258 e. The fraction of sp³-hybridized carbons (Fsp3) is 0.250. The van der Waals surface area contributed by atoms with Crippen molar-refractivity contribution in [3.8, 4) is 11.3 Å². The maximum Gasteiger partial charge on any atom is 0.258 e. The Morgan fingerprint density at radius 2 is 1.85 bits per heavy atom. The number of amides is 2. The number of nitrogens with two attached hydrogens (primary N) is 1. The van der Waals surface area contributed by atoms with E-state index in [4.69, 9.17) is 15.1 Å². The highest BCUT2D eigenvalue weighted by molar-refractivity contribution is 6.04. The zero-order valence-electron chi connectivity index (χ0n) is 18.9. The summed E-state index contributed by atoms with van der Waals surface area (Å²) >= 11 is 0. The van der Waals surface area contributed by atoms with Crippen molar-refractivity contribution in [1.29, 1.82) is 0 Å². The normalized spacial score (nSPS) is 21.0. The van der Waals surface area contributed by atoms with Crippen LogP contribution in [0.2, 0.25) is 0 Å². The summed E-state index contributed by atoms with van der Waals surface area (Å²) < 4.78 is 5.96. The van der Waals surface area contributed by atoms with E-state index < -0.39 is 5.91 Å². The van der Waals surface area contributed by atoms with E-state index >= 15 is 0 Å². The van der Waals surface area contributed by atoms with Crippen LogP contribution in [0.25, 0.3) is 22.2 Å². The summed E-state index contributed by atoms with van der Waals surface area (Å²) in [5.41, 5.74) is 8.98. The molecule has 1 aliphatic heterocycles. The molecule has 1 saturated carbocycles. The minimum Gasteiger partial charge on any atom is -0.461 e. The van der Waals surface area contributed by atoms with E-state index in [0.717, 1.165) is 35.2 Å². The number of hydrogen-bond donors (Lipinski definition) is 1. The minimum absolute atomic E-state index is 0.0179. The molecule has 1 saturated heterocycles. The van der Waals surface area contributed by atoms with Gasteiger partial charge in [-0.2, -0.15) is 0 Å². The zero-order valence-corrected chi connectivity index (χ0v) is 18.9. The molecule has 2 aromatic heterocycles. The van der Waals surface area contributed by atoms with Crippen molar-refractivity contribution in [2.45, 2.75) is 38.3 Å². The quantitative estimate of drug-likeness (QED) is 0.474. The molecule has 3 atom stereocenters. The third-order valence-corrected chi connectivity index (χ3v) is 7.06. The number of nitrogens with zero attached hydrogens (tertiary/aromatic N) is 2. The van der Waals surface area contributed by atoms with Crippen LogP contribution in [0.15, 0.2) is 71.1 Å². The first-order valence-electron chi connectivity index (χ1n) is 11.7. The van der Waals surface area contributed by atoms with Gasteiger partial charge in [0.05, 0.1) is 16.6 Å². The number of primary amides is 1. The number of pyridine rings is 1. The number of rotatable bonds is 5. The largest absolute Gasteiger partial charge is 0.461 e. The lowest BCUT2D eigenvalue weighted by molar-refractivity contribution is 0.0699. The molecule has 0 unspecified atom stereocenters. The fourth-order valence-corrected chi connectivity index (χ4v) is 5.42. The van der Waals surface area contributed by atoms with Crippen LogP contribution in [-0.4, -0.2) is 33.8 Å². The van der Waals surface area contributed by atoms with Gasteiger partial charge in [0.2, 0.25) is 0 Å². The van der Waals surface area contributed by atoms with Crippen LogP contribution in [-0.2, 0) is 6.42 Å². The Labute approximate surface area is 197 Å². The van der Waals surface area contributed by atoms with Crippen molar-refractivity contribution >= 4 is 22.7 Å². The molecular weight excluding hydrogens is 426 g/mol. The molecule has 0 spiro atoms. The van der Waals surface area contributed by atoms with E-state index in [-0.39, 0.29) is 18.0 Å². The van der Waals surface area contributed by atoms with Crippen molar-refractivity contribution in [2.24, 2.45) is 11.7 Å². The van der Waals surface area contributed by atoms with Gasteiger partial charge >= 0.3 is 0 Å². The molecule has 2 fully saturated rings. The number of aryl methyl sites for hydroxylation is 1. The number of fused-ring (bicyclic) bond motifs is 2. The fourth-order valence-electron chi connectivity index (χ4n) is 5.42. The molecule has 2 aliphatic rings. The van der Waals surface area contributed by atoms with Crippen LogP contribution >= 0.6 is 0 Å². The van der Waals surface area contributed by atoms with Gasteiger partial charge in [-0.05, 0) is 43.9 Å². The summed E-state index contributed by atoms with van der Waals surface area (Å²) in [5.74, 6) is 1.42. The van der Waals surface area contributed by atoms with Gasteiger partial charge in [0.15, 0.2) is 0 Å². The number of likely N-dealkylation sites (tertiary alicyclic amines) is 1. The average molecular weight is 452 g/mol. The molecule has 6 nitrogen and oxygen atoms in total. The van der Waals surface area contributed by atoms with Gasteiger partial charge in [-0.25, -0.2) is 0 Å². The Morgan fingerprint density at radius 1 is 1.03 bits per heavy atom. The molecule has 2 aromatic carbocycles. The summed E-state index contributed by atoms with van der Waals surface area (Å²) in [7, 11) is 0. The molecule has 2 amide bonds. The third kappa shape index (κ3) is 3.46. The molecule has 2 N–H and O–H groups in total. The average Bonchev–Trinajstić information content (AvgIpc) is 3.33. The van der Waals surface area contributed by atoms with Gasteiger partial charge in [-0.15, -0.1) is 0 Å². The highest BCUT2D eigenvalue weighted by Gasteiger charge is 2.54. The predicted octanol–water partition coefficient (Wildman–Crippen LogP) is 4.75. The molecule has 4 aromatic rings. The number of carbonyl (C=O) groups is 2. The van der Waals surface area contributed by atoms with Crippen LogP contribution in [0.4, 0.5) is 0 Å². The second-order valence-corrected chi connectivity index (χ2v) is 9.38. The van der Waals surface area contributed by atoms with Crippen LogP contribution < -0.4 is 5.73 Å². The molecule has 3 heterocycles. The first kappa shape index (κ1) is 20.7. The maximum atomic E-state index is 13.8. The Bertz CT molecular complexity index is 1430. The Balaban J connectivity index is 1.32. The number of piperidine rings is 1. The van der Waals surface area contributed by atoms with Crippen LogP contribution in [0.5, 0.6) is 0 Å². The minimum atomic E-state index is -0.488. The topological polar surface area (TPSA) is 89.4 Å². The predicted molar refractivity (Wildman–Crippen MR) is 129 cm³/mol. The van der Waals surface area contributed by atoms with Gasteiger partial charge in [-0.1, -0.05) is 48.5 Å². The van der Waals surface area contributed by atoms with Gasteiger partial charge in [0, 0.05) is 35.1 Å². The van der Waals surface area contributed by atoms with E-state index in [1.807, 2.05) is 72.5 Å². The summed E-state index contributed by atoms with van der Waals surface area (Å²) in [6.07, 6.45) is 2.65. The molecule has 0 bridgehead atoms. The molecule has 0 radical (unpaired) electrons. The second-order valence-electron chi connectivity index (χ2n) is 9.38. The van der Waals surface area contributed by atoms with Gasteiger partial charge in [0.25, 0.3) is 11.8 Å². The number of carbonyl (C=O) groups excluding carboxylic acids is 2. The molecular formula is C28H25N3O3. The summed E-state index contributed by atoms with van der Waals surface area (Å²) in [4.78, 5) is 32.5. The molecule has 1 aliphatic carbocycles. The van der Waals surface area contributed by atoms with Crippen molar-refractivity contribution in [2.75, 3.05) is 0 Å². The monoisotopic (exact) mass is 451 g/mol. The van der Waals surface area contributed by atoms with Crippen LogP contribution in [0, 0.1) is 12.8 Å². The standard InChI is InChI=1S/C28H25N3O3/c1-16-12-23(26(34-16)18-6-3-2-4-7-18)28(33)31-21(13-19-14-24(19)31)15-20-11-10-17-8-5-9-22(27(29)32)25(17)30-20/h2-12,19,21,24H,13-15H2,1H3,(H2,29,32)/t19-,21+,24+/m1/s1. The van der Waals surface area contributed by atoms with Gasteiger partial charge in [-0.3, -0.25) is 14.6 Å². The zero-order chi connectivity index (χ0) is 23.4. The maximum absolute atomic E-state index is 13.8. The van der Waals surface area contributed by atoms with Crippen molar-refractivity contribution in [3.05, 3.63) is 89.3 Å². The molecule has 34 heavy (non-hydrogen) atoms. The summed E-state index contributed by atoms with van der Waals surface area (Å²) in [5, 5.41) is 0.878. The lowest BCUT2D eigenvalue weighted by atomic mass is 10.0. The lowest BCUT2D eigenvalue weighted by Gasteiger charge is -2.27. The van der Waals surface area contributed by atoms with E-state index in [9.17, 15) is 9.59 Å². The summed E-state index contributed by atoms with van der Waals surface area (Å²) in [6.45, 7) is 1.87. The number of furan rings is 1. The van der Waals surface area contributed by atoms with Crippen molar-refractivity contribution in [1.82, 2.24) is 9.88 Å². The number of hydrogen-bond acceptors (Lipinski definition) is 4. The molecule has 6 rings (SSSR count). The molecule has 170 valence electrons. The van der Waals surface area contributed by atoms with Crippen molar-refractivity contribution < 1.29 is 14.0 Å². The highest BCUT2D eigenvalue weighted by atomic mass is 16.3. The first-order chi connectivity index (χ1) is 16.5. The number of para-hydroxylation sites is 1. The van der Waals surface area contributed by atoms with E-state index in [2.05, 4.69) is 0 Å². The second kappa shape index (κ2) is 7.83. The molecule has 6 heteroatoms. The van der Waals surface area contributed by atoms with Crippen LogP contribution in [0.3, 0.4) is 0 Å². The van der Waals surface area contributed by atoms with E-state index in [1.165, 1.54) is 0 Å².